The maximum atomic E-state index is 13.5. The summed E-state index contributed by atoms with van der Waals surface area (Å²) in [6.45, 7) is 4.37. The Bertz CT molecular complexity index is 1660. The van der Waals surface area contributed by atoms with E-state index >= 15 is 0 Å². The molecule has 0 saturated heterocycles. The van der Waals surface area contributed by atoms with E-state index in [0.717, 1.165) is 29.0 Å². The van der Waals surface area contributed by atoms with Crippen molar-refractivity contribution < 1.29 is 14.3 Å². The molecule has 1 aliphatic heterocycles. The third-order valence-corrected chi connectivity index (χ3v) is 7.00. The number of rotatable bonds is 9. The van der Waals surface area contributed by atoms with Crippen molar-refractivity contribution in [3.8, 4) is 28.8 Å². The molecule has 0 spiro atoms. The van der Waals surface area contributed by atoms with Crippen molar-refractivity contribution in [2.45, 2.75) is 33.3 Å². The maximum Gasteiger partial charge on any atom is 0.271 e. The molecule has 1 aromatic heterocycles. The molecule has 5 rings (SSSR count). The van der Waals surface area contributed by atoms with Crippen LogP contribution in [0.5, 0.6) is 5.75 Å². The number of benzene rings is 3. The van der Waals surface area contributed by atoms with Crippen molar-refractivity contribution >= 4 is 17.9 Å². The Morgan fingerprint density at radius 2 is 1.61 bits per heavy atom. The fourth-order valence-electron chi connectivity index (χ4n) is 4.68. The third-order valence-electron chi connectivity index (χ3n) is 7.00. The van der Waals surface area contributed by atoms with E-state index in [1.807, 2.05) is 104 Å². The molecule has 41 heavy (non-hydrogen) atoms. The van der Waals surface area contributed by atoms with Crippen LogP contribution in [-0.4, -0.2) is 33.0 Å². The van der Waals surface area contributed by atoms with Gasteiger partial charge in [-0.3, -0.25) is 14.5 Å². The predicted octanol–water partition coefficient (Wildman–Crippen LogP) is 6.51. The minimum atomic E-state index is -0.535. The zero-order valence-electron chi connectivity index (χ0n) is 23.1. The molecule has 0 saturated carbocycles. The molecule has 204 valence electrons. The average Bonchev–Trinajstić information content (AvgIpc) is 3.43. The van der Waals surface area contributed by atoms with Gasteiger partial charge in [-0.2, -0.15) is 10.4 Å². The van der Waals surface area contributed by atoms with Gasteiger partial charge in [-0.1, -0.05) is 61.9 Å². The number of para-hydroxylation sites is 1. The molecule has 0 unspecified atom stereocenters. The Labute approximate surface area is 239 Å². The molecule has 2 heterocycles. The standard InChI is InChI=1S/C34H30N4O3/c1-3-4-19-37-33(39)30(24(2)31(21-35)34(37)40)20-27-22-38(28-13-9-6-10-14-28)36-32(27)26-15-17-29(18-16-26)41-23-25-11-7-5-8-12-25/h5-18,20,22H,3-4,19,23H2,1-2H3/b30-20-. The van der Waals surface area contributed by atoms with E-state index in [-0.39, 0.29) is 12.1 Å². The number of unbranched alkanes of at least 4 members (excludes halogenated alkanes) is 1. The first-order valence-corrected chi connectivity index (χ1v) is 13.6. The van der Waals surface area contributed by atoms with Crippen molar-refractivity contribution in [2.75, 3.05) is 6.54 Å². The topological polar surface area (TPSA) is 88.2 Å². The molecule has 0 atom stereocenters. The number of hydrogen-bond donors (Lipinski definition) is 0. The van der Waals surface area contributed by atoms with Gasteiger partial charge in [0.05, 0.1) is 11.4 Å². The molecule has 0 radical (unpaired) electrons. The summed E-state index contributed by atoms with van der Waals surface area (Å²) in [5.41, 5.74) is 4.81. The first-order valence-electron chi connectivity index (χ1n) is 13.6. The zero-order valence-corrected chi connectivity index (χ0v) is 23.1. The lowest BCUT2D eigenvalue weighted by Crippen LogP contribution is -2.43. The van der Waals surface area contributed by atoms with Gasteiger partial charge >= 0.3 is 0 Å². The number of hydrogen-bond acceptors (Lipinski definition) is 5. The van der Waals surface area contributed by atoms with Crippen LogP contribution in [0.15, 0.2) is 108 Å². The predicted molar refractivity (Wildman–Crippen MR) is 158 cm³/mol. The fraction of sp³-hybridized carbons (Fsp3) is 0.176. The molecule has 4 aromatic rings. The van der Waals surface area contributed by atoms with Crippen LogP contribution < -0.4 is 4.74 Å². The average molecular weight is 543 g/mol. The van der Waals surface area contributed by atoms with Crippen LogP contribution in [0, 0.1) is 11.3 Å². The van der Waals surface area contributed by atoms with E-state index in [2.05, 4.69) is 0 Å². The molecule has 0 aliphatic carbocycles. The van der Waals surface area contributed by atoms with Gasteiger partial charge in [0, 0.05) is 29.4 Å². The molecule has 0 bridgehead atoms. The zero-order chi connectivity index (χ0) is 28.8. The Kier molecular flexibility index (Phi) is 8.21. The lowest BCUT2D eigenvalue weighted by Gasteiger charge is -2.27. The Hall–Kier alpha value is -5.22. The van der Waals surface area contributed by atoms with Gasteiger partial charge in [0.15, 0.2) is 0 Å². The summed E-state index contributed by atoms with van der Waals surface area (Å²) < 4.78 is 7.72. The highest BCUT2D eigenvalue weighted by atomic mass is 16.5. The van der Waals surface area contributed by atoms with Crippen LogP contribution in [0.1, 0.15) is 37.8 Å². The lowest BCUT2D eigenvalue weighted by molar-refractivity contribution is -0.140. The summed E-state index contributed by atoms with van der Waals surface area (Å²) in [4.78, 5) is 27.6. The first-order chi connectivity index (χ1) is 20.0. The third kappa shape index (κ3) is 5.87. The van der Waals surface area contributed by atoms with Gasteiger partial charge in [-0.05, 0) is 67.0 Å². The normalized spacial score (nSPS) is 14.5. The Morgan fingerprint density at radius 3 is 2.27 bits per heavy atom. The molecule has 7 heteroatoms. The lowest BCUT2D eigenvalue weighted by atomic mass is 9.93. The summed E-state index contributed by atoms with van der Waals surface area (Å²) in [6.07, 6.45) is 5.08. The van der Waals surface area contributed by atoms with Crippen LogP contribution in [0.25, 0.3) is 23.0 Å². The molecule has 1 aliphatic rings. The van der Waals surface area contributed by atoms with Crippen LogP contribution >= 0.6 is 0 Å². The number of aromatic nitrogens is 2. The van der Waals surface area contributed by atoms with Gasteiger partial charge < -0.3 is 4.74 Å². The number of nitrogens with zero attached hydrogens (tertiary/aromatic N) is 4. The highest BCUT2D eigenvalue weighted by Crippen LogP contribution is 2.32. The highest BCUT2D eigenvalue weighted by Gasteiger charge is 2.35. The number of carbonyl (C=O) groups excluding carboxylic acids is 2. The van der Waals surface area contributed by atoms with Gasteiger partial charge in [0.2, 0.25) is 0 Å². The van der Waals surface area contributed by atoms with E-state index in [9.17, 15) is 14.9 Å². The molecular weight excluding hydrogens is 512 g/mol. The molecule has 2 amide bonds. The van der Waals surface area contributed by atoms with Crippen LogP contribution in [-0.2, 0) is 16.2 Å². The van der Waals surface area contributed by atoms with E-state index in [4.69, 9.17) is 9.84 Å². The number of ether oxygens (including phenoxy) is 1. The number of imide groups is 1. The molecular formula is C34H30N4O3. The van der Waals surface area contributed by atoms with Crippen molar-refractivity contribution in [1.29, 1.82) is 5.26 Å². The van der Waals surface area contributed by atoms with Gasteiger partial charge in [-0.25, -0.2) is 4.68 Å². The number of nitriles is 1. The van der Waals surface area contributed by atoms with Crippen molar-refractivity contribution in [1.82, 2.24) is 14.7 Å². The number of carbonyl (C=O) groups is 2. The number of amides is 2. The summed E-state index contributed by atoms with van der Waals surface area (Å²) in [5, 5.41) is 14.6. The van der Waals surface area contributed by atoms with Crippen molar-refractivity contribution in [2.24, 2.45) is 0 Å². The highest BCUT2D eigenvalue weighted by molar-refractivity contribution is 6.19. The summed E-state index contributed by atoms with van der Waals surface area (Å²) in [5.74, 6) is -0.208. The van der Waals surface area contributed by atoms with Gasteiger partial charge in [0.25, 0.3) is 11.8 Å². The van der Waals surface area contributed by atoms with E-state index in [1.165, 1.54) is 4.90 Å². The Morgan fingerprint density at radius 1 is 0.927 bits per heavy atom. The molecule has 3 aromatic carbocycles. The van der Waals surface area contributed by atoms with Crippen LogP contribution in [0.4, 0.5) is 0 Å². The van der Waals surface area contributed by atoms with Crippen molar-refractivity contribution in [3.63, 3.8) is 0 Å². The smallest absolute Gasteiger partial charge is 0.271 e. The largest absolute Gasteiger partial charge is 0.489 e. The van der Waals surface area contributed by atoms with E-state index < -0.39 is 11.8 Å². The monoisotopic (exact) mass is 542 g/mol. The summed E-state index contributed by atoms with van der Waals surface area (Å²) >= 11 is 0. The summed E-state index contributed by atoms with van der Waals surface area (Å²) in [6, 6.07) is 29.3. The minimum Gasteiger partial charge on any atom is -0.489 e. The SMILES string of the molecule is CCCCN1C(=O)C(C#N)=C(C)/C(=C/c2cn(-c3ccccc3)nc2-c2ccc(OCc3ccccc3)cc2)C1=O. The van der Waals surface area contributed by atoms with Gasteiger partial charge in [-0.15, -0.1) is 0 Å². The van der Waals surface area contributed by atoms with Crippen molar-refractivity contribution in [3.05, 3.63) is 119 Å². The molecule has 7 nitrogen and oxygen atoms in total. The second kappa shape index (κ2) is 12.3. The second-order valence-corrected chi connectivity index (χ2v) is 9.80. The first kappa shape index (κ1) is 27.4. The molecule has 0 fully saturated rings. The fourth-order valence-corrected chi connectivity index (χ4v) is 4.68. The minimum absolute atomic E-state index is 0.0103. The van der Waals surface area contributed by atoms with E-state index in [0.29, 0.717) is 35.4 Å². The summed E-state index contributed by atoms with van der Waals surface area (Å²) in [7, 11) is 0. The van der Waals surface area contributed by atoms with Crippen LogP contribution in [0.2, 0.25) is 0 Å². The van der Waals surface area contributed by atoms with E-state index in [1.54, 1.807) is 17.7 Å². The van der Waals surface area contributed by atoms with Gasteiger partial charge in [0.1, 0.15) is 24.0 Å². The maximum absolute atomic E-state index is 13.5. The Balaban J connectivity index is 1.54. The second-order valence-electron chi connectivity index (χ2n) is 9.80. The quantitative estimate of drug-likeness (QED) is 0.178. The molecule has 0 N–H and O–H groups in total. The van der Waals surface area contributed by atoms with Crippen LogP contribution in [0.3, 0.4) is 0 Å².